The van der Waals surface area contributed by atoms with Crippen LogP contribution in [-0.2, 0) is 14.4 Å². The molecule has 0 heterocycles. The highest BCUT2D eigenvalue weighted by Crippen LogP contribution is 2.12. The van der Waals surface area contributed by atoms with Gasteiger partial charge in [-0.1, -0.05) is 57.2 Å². The lowest BCUT2D eigenvalue weighted by Crippen LogP contribution is -2.54. The maximum Gasteiger partial charge on any atom is 0.251 e. The van der Waals surface area contributed by atoms with Gasteiger partial charge in [-0.25, -0.2) is 0 Å². The van der Waals surface area contributed by atoms with Crippen LogP contribution in [0.1, 0.15) is 51.9 Å². The van der Waals surface area contributed by atoms with Crippen molar-refractivity contribution in [1.29, 1.82) is 0 Å². The molecule has 0 aliphatic rings. The minimum Gasteiger partial charge on any atom is -0.354 e. The number of alkyl halides is 1. The Hall–Kier alpha value is -2.17. The molecule has 4 amide bonds. The van der Waals surface area contributed by atoms with Crippen molar-refractivity contribution >= 4 is 51.9 Å². The summed E-state index contributed by atoms with van der Waals surface area (Å²) in [5.74, 6) is -1.43. The number of halogens is 1. The Morgan fingerprint density at radius 1 is 0.935 bits per heavy atom. The average Bonchev–Trinajstić information content (AvgIpc) is 2.69. The Morgan fingerprint density at radius 3 is 2.00 bits per heavy atom. The van der Waals surface area contributed by atoms with Gasteiger partial charge >= 0.3 is 0 Å². The molecule has 4 N–H and O–H groups in total. The summed E-state index contributed by atoms with van der Waals surface area (Å²) >= 11 is 1.96. The van der Waals surface area contributed by atoms with Crippen molar-refractivity contribution in [2.45, 2.75) is 53.6 Å². The molecule has 1 aromatic rings. The van der Waals surface area contributed by atoms with E-state index in [1.165, 1.54) is 0 Å². The summed E-state index contributed by atoms with van der Waals surface area (Å²) in [5, 5.41) is 10.9. The predicted octanol–water partition coefficient (Wildman–Crippen LogP) is 2.48. The SMILES string of the molecule is CC(C)[C@H](NC(=O)c1ccc(NC(=O)CI)cc1)C(=O)N[C@@H](C)C(=O)NCC(C)(C)C. The molecule has 0 aromatic heterocycles. The average molecular weight is 544 g/mol. The van der Waals surface area contributed by atoms with Gasteiger partial charge in [0, 0.05) is 17.8 Å². The number of hydrogen-bond acceptors (Lipinski definition) is 4. The number of carbonyl (C=O) groups is 4. The van der Waals surface area contributed by atoms with Crippen LogP contribution in [0.3, 0.4) is 0 Å². The van der Waals surface area contributed by atoms with Crippen LogP contribution in [0.4, 0.5) is 5.69 Å². The third-order valence-electron chi connectivity index (χ3n) is 4.33. The molecule has 0 aliphatic carbocycles. The van der Waals surface area contributed by atoms with Gasteiger partial charge in [0.25, 0.3) is 5.91 Å². The molecular weight excluding hydrogens is 511 g/mol. The molecule has 2 atom stereocenters. The minimum atomic E-state index is -0.802. The summed E-state index contributed by atoms with van der Waals surface area (Å²) in [5.41, 5.74) is 0.885. The zero-order valence-corrected chi connectivity index (χ0v) is 21.1. The van der Waals surface area contributed by atoms with Crippen molar-refractivity contribution in [1.82, 2.24) is 16.0 Å². The van der Waals surface area contributed by atoms with E-state index in [0.29, 0.717) is 22.2 Å². The summed E-state index contributed by atoms with van der Waals surface area (Å²) in [6, 6.07) is 4.89. The van der Waals surface area contributed by atoms with Crippen LogP contribution >= 0.6 is 22.6 Å². The van der Waals surface area contributed by atoms with Crippen molar-refractivity contribution < 1.29 is 19.2 Å². The molecule has 0 fully saturated rings. The van der Waals surface area contributed by atoms with Gasteiger partial charge in [-0.3, -0.25) is 19.2 Å². The number of nitrogens with one attached hydrogen (secondary N) is 4. The van der Waals surface area contributed by atoms with Gasteiger partial charge in [-0.2, -0.15) is 0 Å². The fraction of sp³-hybridized carbons (Fsp3) is 0.545. The molecule has 0 aliphatic heterocycles. The molecule has 172 valence electrons. The van der Waals surface area contributed by atoms with Crippen molar-refractivity contribution in [2.24, 2.45) is 11.3 Å². The van der Waals surface area contributed by atoms with Gasteiger partial charge in [0.2, 0.25) is 17.7 Å². The first-order valence-corrected chi connectivity index (χ1v) is 11.7. The number of carbonyl (C=O) groups excluding carboxylic acids is 4. The fourth-order valence-corrected chi connectivity index (χ4v) is 2.72. The Kier molecular flexibility index (Phi) is 10.4. The maximum absolute atomic E-state index is 12.7. The predicted molar refractivity (Wildman–Crippen MR) is 130 cm³/mol. The normalized spacial score (nSPS) is 13.2. The number of amides is 4. The van der Waals surface area contributed by atoms with Crippen molar-refractivity contribution in [3.8, 4) is 0 Å². The van der Waals surface area contributed by atoms with Crippen LogP contribution in [0.25, 0.3) is 0 Å². The molecule has 1 rings (SSSR count). The van der Waals surface area contributed by atoms with E-state index >= 15 is 0 Å². The quantitative estimate of drug-likeness (QED) is 0.283. The second-order valence-corrected chi connectivity index (χ2v) is 9.73. The van der Waals surface area contributed by atoms with Crippen molar-refractivity contribution in [3.05, 3.63) is 29.8 Å². The van der Waals surface area contributed by atoms with Crippen molar-refractivity contribution in [2.75, 3.05) is 16.3 Å². The second kappa shape index (κ2) is 12.0. The van der Waals surface area contributed by atoms with E-state index in [4.69, 9.17) is 0 Å². The molecule has 0 saturated heterocycles. The summed E-state index contributed by atoms with van der Waals surface area (Å²) in [6.45, 7) is 11.7. The first-order chi connectivity index (χ1) is 14.3. The third kappa shape index (κ3) is 9.67. The lowest BCUT2D eigenvalue weighted by Gasteiger charge is -2.25. The topological polar surface area (TPSA) is 116 Å². The van der Waals surface area contributed by atoms with Gasteiger partial charge < -0.3 is 21.3 Å². The number of anilines is 1. The van der Waals surface area contributed by atoms with Crippen LogP contribution in [0.5, 0.6) is 0 Å². The molecule has 1 aromatic carbocycles. The van der Waals surface area contributed by atoms with Crippen LogP contribution in [0, 0.1) is 11.3 Å². The maximum atomic E-state index is 12.7. The standard InChI is InChI=1S/C22H33IN4O4/c1-13(2)18(21(31)25-14(3)19(29)24-12-22(4,5)6)27-20(30)15-7-9-16(10-8-15)26-17(28)11-23/h7-10,13-14,18H,11-12H2,1-6H3,(H,24,29)(H,25,31)(H,26,28)(H,27,30)/t14-,18-/m0/s1. The summed E-state index contributed by atoms with van der Waals surface area (Å²) in [6.07, 6.45) is 0. The third-order valence-corrected chi connectivity index (χ3v) is 5.03. The first-order valence-electron chi connectivity index (χ1n) is 10.2. The smallest absolute Gasteiger partial charge is 0.251 e. The molecule has 0 saturated carbocycles. The Morgan fingerprint density at radius 2 is 1.52 bits per heavy atom. The highest BCUT2D eigenvalue weighted by molar-refractivity contribution is 14.1. The van der Waals surface area contributed by atoms with Crippen LogP contribution < -0.4 is 21.3 Å². The molecule has 0 unspecified atom stereocenters. The van der Waals surface area contributed by atoms with E-state index < -0.39 is 23.9 Å². The molecule has 31 heavy (non-hydrogen) atoms. The van der Waals surface area contributed by atoms with E-state index in [-0.39, 0.29) is 23.1 Å². The Balaban J connectivity index is 2.74. The zero-order chi connectivity index (χ0) is 23.8. The second-order valence-electron chi connectivity index (χ2n) is 8.96. The lowest BCUT2D eigenvalue weighted by atomic mass is 9.97. The molecule has 0 spiro atoms. The highest BCUT2D eigenvalue weighted by Gasteiger charge is 2.27. The van der Waals surface area contributed by atoms with Crippen LogP contribution in [0.15, 0.2) is 24.3 Å². The van der Waals surface area contributed by atoms with E-state index in [0.717, 1.165) is 0 Å². The Labute approximate surface area is 197 Å². The van der Waals surface area contributed by atoms with Crippen LogP contribution in [0.2, 0.25) is 0 Å². The van der Waals surface area contributed by atoms with Gasteiger partial charge in [0.15, 0.2) is 0 Å². The van der Waals surface area contributed by atoms with E-state index in [1.807, 2.05) is 57.2 Å². The number of hydrogen-bond donors (Lipinski definition) is 4. The monoisotopic (exact) mass is 544 g/mol. The van der Waals surface area contributed by atoms with Gasteiger partial charge in [0.05, 0.1) is 4.43 Å². The van der Waals surface area contributed by atoms with E-state index in [2.05, 4.69) is 21.3 Å². The van der Waals surface area contributed by atoms with Gasteiger partial charge in [0.1, 0.15) is 12.1 Å². The fourth-order valence-electron chi connectivity index (χ4n) is 2.53. The molecule has 0 bridgehead atoms. The van der Waals surface area contributed by atoms with Gasteiger partial charge in [-0.15, -0.1) is 0 Å². The largest absolute Gasteiger partial charge is 0.354 e. The summed E-state index contributed by atoms with van der Waals surface area (Å²) in [4.78, 5) is 49.0. The zero-order valence-electron chi connectivity index (χ0n) is 19.0. The molecule has 9 heteroatoms. The molecule has 8 nitrogen and oxygen atoms in total. The number of benzene rings is 1. The number of rotatable bonds is 9. The summed E-state index contributed by atoms with van der Waals surface area (Å²) < 4.78 is 0.331. The summed E-state index contributed by atoms with van der Waals surface area (Å²) in [7, 11) is 0. The Bertz CT molecular complexity index is 788. The highest BCUT2D eigenvalue weighted by atomic mass is 127. The van der Waals surface area contributed by atoms with Gasteiger partial charge in [-0.05, 0) is 42.5 Å². The van der Waals surface area contributed by atoms with E-state index in [1.54, 1.807) is 31.2 Å². The van der Waals surface area contributed by atoms with Crippen molar-refractivity contribution in [3.63, 3.8) is 0 Å². The minimum absolute atomic E-state index is 0.0671. The lowest BCUT2D eigenvalue weighted by molar-refractivity contribution is -0.130. The first kappa shape index (κ1) is 26.9. The van der Waals surface area contributed by atoms with Crippen LogP contribution in [-0.4, -0.2) is 46.7 Å². The van der Waals surface area contributed by atoms with E-state index in [9.17, 15) is 19.2 Å². The molecule has 0 radical (unpaired) electrons. The molecular formula is C22H33IN4O4.